The maximum Gasteiger partial charge on any atom is 0.472 e. The third-order valence-electron chi connectivity index (χ3n) is 7.97. The molecular formula is C43H72NO10P. The minimum absolute atomic E-state index is 0.00281. The Kier molecular flexibility index (Phi) is 36.0. The highest BCUT2D eigenvalue weighted by molar-refractivity contribution is 7.47. The van der Waals surface area contributed by atoms with E-state index >= 15 is 0 Å². The van der Waals surface area contributed by atoms with Gasteiger partial charge in [-0.1, -0.05) is 112 Å². The zero-order valence-corrected chi connectivity index (χ0v) is 34.5. The topological polar surface area (TPSA) is 175 Å². The van der Waals surface area contributed by atoms with Crippen LogP contribution in [0.15, 0.2) is 85.1 Å². The van der Waals surface area contributed by atoms with Gasteiger partial charge in [0.05, 0.1) is 25.4 Å². The van der Waals surface area contributed by atoms with E-state index in [1.807, 2.05) is 18.2 Å². The molecule has 0 saturated carbocycles. The van der Waals surface area contributed by atoms with Crippen molar-refractivity contribution in [2.45, 2.75) is 148 Å². The molecule has 12 heteroatoms. The molecule has 0 aromatic heterocycles. The predicted octanol–water partition coefficient (Wildman–Crippen LogP) is 9.21. The van der Waals surface area contributed by atoms with Gasteiger partial charge in [-0.15, -0.1) is 0 Å². The van der Waals surface area contributed by atoms with Crippen LogP contribution in [0.25, 0.3) is 0 Å². The summed E-state index contributed by atoms with van der Waals surface area (Å²) in [5, 5.41) is 20.6. The van der Waals surface area contributed by atoms with Crippen molar-refractivity contribution >= 4 is 19.8 Å². The van der Waals surface area contributed by atoms with Crippen LogP contribution in [-0.2, 0) is 32.7 Å². The Morgan fingerprint density at radius 3 is 1.73 bits per heavy atom. The summed E-state index contributed by atoms with van der Waals surface area (Å²) in [6, 6.07) is 0. The first-order valence-corrected chi connectivity index (χ1v) is 21.7. The normalized spacial score (nSPS) is 15.4. The van der Waals surface area contributed by atoms with E-state index in [0.717, 1.165) is 57.8 Å². The molecule has 314 valence electrons. The third kappa shape index (κ3) is 36.5. The number of aliphatic hydroxyl groups is 2. The first-order chi connectivity index (χ1) is 26.6. The fourth-order valence-corrected chi connectivity index (χ4v) is 5.61. The van der Waals surface area contributed by atoms with E-state index in [1.165, 1.54) is 19.3 Å². The molecule has 0 spiro atoms. The molecule has 0 aliphatic rings. The van der Waals surface area contributed by atoms with E-state index in [1.54, 1.807) is 0 Å². The van der Waals surface area contributed by atoms with Crippen molar-refractivity contribution in [3.05, 3.63) is 85.1 Å². The largest absolute Gasteiger partial charge is 0.472 e. The second kappa shape index (κ2) is 38.0. The van der Waals surface area contributed by atoms with E-state index in [9.17, 15) is 29.3 Å². The summed E-state index contributed by atoms with van der Waals surface area (Å²) in [6.07, 6.45) is 39.4. The highest BCUT2D eigenvalue weighted by Crippen LogP contribution is 2.43. The van der Waals surface area contributed by atoms with Crippen molar-refractivity contribution in [1.29, 1.82) is 0 Å². The number of esters is 2. The average Bonchev–Trinajstić information content (AvgIpc) is 3.16. The Balaban J connectivity index is 4.53. The zero-order valence-electron chi connectivity index (χ0n) is 33.6. The number of hydrogen-bond acceptors (Lipinski definition) is 10. The number of rotatable bonds is 36. The minimum Gasteiger partial charge on any atom is -0.462 e. The van der Waals surface area contributed by atoms with Crippen LogP contribution in [0, 0.1) is 0 Å². The molecule has 0 aromatic rings. The summed E-state index contributed by atoms with van der Waals surface area (Å²) in [6.45, 7) is 3.17. The number of unbranched alkanes of at least 4 members (excludes halogenated alkanes) is 5. The molecule has 0 amide bonds. The van der Waals surface area contributed by atoms with Crippen LogP contribution in [0.1, 0.15) is 129 Å². The van der Waals surface area contributed by atoms with Crippen molar-refractivity contribution < 1.29 is 47.8 Å². The summed E-state index contributed by atoms with van der Waals surface area (Å²) < 4.78 is 32.5. The smallest absolute Gasteiger partial charge is 0.462 e. The number of phosphoric acid groups is 1. The van der Waals surface area contributed by atoms with Crippen molar-refractivity contribution in [1.82, 2.24) is 0 Å². The van der Waals surface area contributed by atoms with Gasteiger partial charge >= 0.3 is 19.8 Å². The SMILES string of the molecule is CC/C=C\C/C=C\C/C=C\C/C=C\C[C@H](O)[C@@H](O)CCCC(=O)OC[C@H](COP(=O)(O)OCCN)OC(=O)CCCC/C=C\C/C=C\C/C=C\CCCCC. The number of aliphatic hydroxyl groups excluding tert-OH is 2. The molecular weight excluding hydrogens is 721 g/mol. The Morgan fingerprint density at radius 1 is 0.636 bits per heavy atom. The van der Waals surface area contributed by atoms with Gasteiger partial charge in [-0.05, 0) is 89.9 Å². The zero-order chi connectivity index (χ0) is 40.7. The van der Waals surface area contributed by atoms with E-state index < -0.39 is 51.3 Å². The molecule has 0 saturated heterocycles. The van der Waals surface area contributed by atoms with Crippen molar-refractivity contribution in [3.63, 3.8) is 0 Å². The summed E-state index contributed by atoms with van der Waals surface area (Å²) in [5.41, 5.74) is 5.32. The maximum absolute atomic E-state index is 12.5. The molecule has 0 radical (unpaired) electrons. The standard InChI is InChI=1S/C43H72NO10P/c1-3-5-7-9-11-13-15-17-18-19-21-23-25-27-29-33-43(48)54-39(38-53-55(49,50)52-36-35-44)37-51-42(47)34-30-32-41(46)40(45)31-28-26-24-22-20-16-14-12-10-8-6-4-2/h6,8,11-14,17-18,20-23,26,28,39-41,45-46H,3-5,7,9-10,15-16,19,24-25,27,29-38,44H2,1-2H3,(H,49,50)/b8-6-,13-11-,14-12-,18-17-,22-20-,23-21-,28-26-/t39-,40+,41+/m1/s1. The van der Waals surface area contributed by atoms with Crippen LogP contribution in [0.3, 0.4) is 0 Å². The van der Waals surface area contributed by atoms with Crippen LogP contribution in [0.5, 0.6) is 0 Å². The van der Waals surface area contributed by atoms with Crippen molar-refractivity contribution in [2.75, 3.05) is 26.4 Å². The summed E-state index contributed by atoms with van der Waals surface area (Å²) in [7, 11) is -4.46. The second-order valence-corrected chi connectivity index (χ2v) is 14.5. The highest BCUT2D eigenvalue weighted by atomic mass is 31.2. The predicted molar refractivity (Wildman–Crippen MR) is 222 cm³/mol. The molecule has 0 bridgehead atoms. The third-order valence-corrected chi connectivity index (χ3v) is 8.95. The van der Waals surface area contributed by atoms with Gasteiger partial charge < -0.3 is 30.3 Å². The van der Waals surface area contributed by atoms with Gasteiger partial charge in [-0.25, -0.2) is 4.57 Å². The lowest BCUT2D eigenvalue weighted by molar-refractivity contribution is -0.161. The lowest BCUT2D eigenvalue weighted by Gasteiger charge is -2.20. The Hall–Kier alpha value is -2.89. The molecule has 1 unspecified atom stereocenters. The van der Waals surface area contributed by atoms with Crippen LogP contribution in [0.4, 0.5) is 0 Å². The van der Waals surface area contributed by atoms with Gasteiger partial charge in [-0.3, -0.25) is 18.6 Å². The van der Waals surface area contributed by atoms with Crippen LogP contribution >= 0.6 is 7.82 Å². The maximum atomic E-state index is 12.5. The monoisotopic (exact) mass is 793 g/mol. The molecule has 0 aliphatic carbocycles. The lowest BCUT2D eigenvalue weighted by atomic mass is 10.0. The molecule has 4 atom stereocenters. The van der Waals surface area contributed by atoms with Gasteiger partial charge in [0, 0.05) is 19.4 Å². The van der Waals surface area contributed by atoms with Crippen molar-refractivity contribution in [2.24, 2.45) is 5.73 Å². The molecule has 0 rings (SSSR count). The molecule has 55 heavy (non-hydrogen) atoms. The van der Waals surface area contributed by atoms with E-state index in [-0.39, 0.29) is 45.3 Å². The van der Waals surface area contributed by atoms with Gasteiger partial charge in [-0.2, -0.15) is 0 Å². The van der Waals surface area contributed by atoms with Crippen LogP contribution < -0.4 is 5.73 Å². The second-order valence-electron chi connectivity index (χ2n) is 13.1. The summed E-state index contributed by atoms with van der Waals surface area (Å²) in [4.78, 5) is 34.8. The van der Waals surface area contributed by atoms with Crippen LogP contribution in [-0.4, -0.2) is 71.7 Å². The highest BCUT2D eigenvalue weighted by Gasteiger charge is 2.26. The van der Waals surface area contributed by atoms with Crippen molar-refractivity contribution in [3.8, 4) is 0 Å². The van der Waals surface area contributed by atoms with Gasteiger partial charge in [0.25, 0.3) is 0 Å². The Labute approximate surface area is 331 Å². The number of nitrogens with two attached hydrogens (primary N) is 1. The number of hydrogen-bond donors (Lipinski definition) is 4. The number of phosphoric ester groups is 1. The van der Waals surface area contributed by atoms with Gasteiger partial charge in [0.15, 0.2) is 6.10 Å². The van der Waals surface area contributed by atoms with Crippen LogP contribution in [0.2, 0.25) is 0 Å². The fourth-order valence-electron chi connectivity index (χ4n) is 4.84. The Bertz CT molecular complexity index is 1210. The average molecular weight is 794 g/mol. The molecule has 0 fully saturated rings. The minimum atomic E-state index is -4.46. The van der Waals surface area contributed by atoms with E-state index in [2.05, 4.69) is 80.7 Å². The first kappa shape index (κ1) is 52.1. The molecule has 0 heterocycles. The summed E-state index contributed by atoms with van der Waals surface area (Å²) in [5.74, 6) is -1.17. The van der Waals surface area contributed by atoms with E-state index in [4.69, 9.17) is 24.3 Å². The molecule has 0 aliphatic heterocycles. The quantitative estimate of drug-likeness (QED) is 0.0206. The molecule has 11 nitrogen and oxygen atoms in total. The molecule has 0 aromatic carbocycles. The van der Waals surface area contributed by atoms with Gasteiger partial charge in [0.1, 0.15) is 6.61 Å². The fraction of sp³-hybridized carbons (Fsp3) is 0.628. The van der Waals surface area contributed by atoms with E-state index in [0.29, 0.717) is 6.42 Å². The van der Waals surface area contributed by atoms with Gasteiger partial charge in [0.2, 0.25) is 0 Å². The number of carbonyl (C=O) groups is 2. The lowest BCUT2D eigenvalue weighted by Crippen LogP contribution is -2.30. The number of carbonyl (C=O) groups excluding carboxylic acids is 2. The number of ether oxygens (including phenoxy) is 2. The molecule has 5 N–H and O–H groups in total. The Morgan fingerprint density at radius 2 is 1.16 bits per heavy atom. The first-order valence-electron chi connectivity index (χ1n) is 20.2. The summed E-state index contributed by atoms with van der Waals surface area (Å²) >= 11 is 0. The number of allylic oxidation sites excluding steroid dienone is 13.